The molecule has 0 radical (unpaired) electrons. The van der Waals surface area contributed by atoms with Crippen molar-refractivity contribution >= 4 is 6.03 Å². The molecule has 2 fully saturated rings. The number of nitrogens with one attached hydrogen (secondary N) is 1. The third kappa shape index (κ3) is 5.26. The molecule has 1 aromatic rings. The van der Waals surface area contributed by atoms with Crippen LogP contribution in [0, 0.1) is 5.92 Å². The Balaban J connectivity index is 1.41. The van der Waals surface area contributed by atoms with Crippen LogP contribution in [0.1, 0.15) is 70.3 Å². The maximum Gasteiger partial charge on any atom is 0.318 e. The van der Waals surface area contributed by atoms with Crippen LogP contribution in [0.2, 0.25) is 0 Å². The van der Waals surface area contributed by atoms with Crippen molar-refractivity contribution in [2.45, 2.75) is 77.4 Å². The Morgan fingerprint density at radius 2 is 2.04 bits per heavy atom. The van der Waals surface area contributed by atoms with Crippen molar-refractivity contribution < 1.29 is 9.21 Å². The fraction of sp³-hybridized carbons (Fsp3) is 0.762. The maximum atomic E-state index is 12.6. The monoisotopic (exact) mass is 361 g/mol. The Hall–Kier alpha value is -1.49. The fourth-order valence-electron chi connectivity index (χ4n) is 3.36. The molecule has 3 rings (SSSR count). The molecule has 2 amide bonds. The summed E-state index contributed by atoms with van der Waals surface area (Å²) in [7, 11) is 2.15. The van der Waals surface area contributed by atoms with Crippen molar-refractivity contribution in [2.24, 2.45) is 5.92 Å². The molecule has 2 unspecified atom stereocenters. The van der Waals surface area contributed by atoms with Gasteiger partial charge >= 0.3 is 6.03 Å². The number of furan rings is 1. The summed E-state index contributed by atoms with van der Waals surface area (Å²) in [6.45, 7) is 9.09. The lowest BCUT2D eigenvalue weighted by Gasteiger charge is -2.23. The largest absolute Gasteiger partial charge is 0.464 e. The molecule has 5 heteroatoms. The standard InChI is InChI=1S/C21H35N3O2/c1-15(2)23(4)12-6-5-11-22-21(25)24(17-7-8-17)14-18-9-10-20(26-18)19-13-16(19)3/h9-10,15-17,19H,5-8,11-14H2,1-4H3,(H,22,25). The highest BCUT2D eigenvalue weighted by Gasteiger charge is 2.37. The van der Waals surface area contributed by atoms with Crippen LogP contribution in [0.4, 0.5) is 4.79 Å². The van der Waals surface area contributed by atoms with Crippen LogP contribution in [0.3, 0.4) is 0 Å². The molecule has 2 aliphatic carbocycles. The second kappa shape index (κ2) is 8.47. The van der Waals surface area contributed by atoms with Gasteiger partial charge in [-0.15, -0.1) is 0 Å². The summed E-state index contributed by atoms with van der Waals surface area (Å²) in [5, 5.41) is 3.10. The van der Waals surface area contributed by atoms with Gasteiger partial charge in [-0.3, -0.25) is 0 Å². The minimum absolute atomic E-state index is 0.0578. The Morgan fingerprint density at radius 1 is 1.31 bits per heavy atom. The summed E-state index contributed by atoms with van der Waals surface area (Å²) >= 11 is 0. The summed E-state index contributed by atoms with van der Waals surface area (Å²) in [5.41, 5.74) is 0. The molecule has 0 bridgehead atoms. The quantitative estimate of drug-likeness (QED) is 0.636. The number of unbranched alkanes of at least 4 members (excludes halogenated alkanes) is 1. The minimum atomic E-state index is 0.0578. The second-order valence-electron chi connectivity index (χ2n) is 8.50. The normalized spacial score (nSPS) is 22.1. The van der Waals surface area contributed by atoms with Gasteiger partial charge in [0, 0.05) is 24.5 Å². The zero-order valence-electron chi connectivity index (χ0n) is 16.8. The molecule has 2 atom stereocenters. The first-order valence-electron chi connectivity index (χ1n) is 10.3. The predicted octanol–water partition coefficient (Wildman–Crippen LogP) is 4.20. The Labute approximate surface area is 158 Å². The van der Waals surface area contributed by atoms with E-state index in [0.29, 0.717) is 24.5 Å². The molecule has 1 heterocycles. The third-order valence-electron chi connectivity index (χ3n) is 5.83. The average Bonchev–Trinajstić information content (AvgIpc) is 3.52. The van der Waals surface area contributed by atoms with Crippen LogP contribution in [-0.2, 0) is 6.54 Å². The van der Waals surface area contributed by atoms with Crippen LogP contribution in [-0.4, -0.2) is 48.1 Å². The van der Waals surface area contributed by atoms with Crippen LogP contribution in [0.5, 0.6) is 0 Å². The number of urea groups is 1. The Kier molecular flexibility index (Phi) is 6.28. The average molecular weight is 362 g/mol. The van der Waals surface area contributed by atoms with Gasteiger partial charge in [-0.2, -0.15) is 0 Å². The summed E-state index contributed by atoms with van der Waals surface area (Å²) in [4.78, 5) is 16.9. The van der Waals surface area contributed by atoms with Gasteiger partial charge in [-0.1, -0.05) is 6.92 Å². The molecule has 2 aliphatic rings. The molecule has 0 spiro atoms. The Morgan fingerprint density at radius 3 is 2.65 bits per heavy atom. The van der Waals surface area contributed by atoms with Crippen molar-refractivity contribution in [1.82, 2.24) is 15.1 Å². The zero-order valence-corrected chi connectivity index (χ0v) is 16.8. The molecule has 146 valence electrons. The number of amides is 2. The summed E-state index contributed by atoms with van der Waals surface area (Å²) in [6.07, 6.45) is 5.58. The topological polar surface area (TPSA) is 48.7 Å². The first-order chi connectivity index (χ1) is 12.5. The zero-order chi connectivity index (χ0) is 18.7. The Bertz CT molecular complexity index is 594. The van der Waals surface area contributed by atoms with Gasteiger partial charge < -0.3 is 19.5 Å². The molecule has 1 aromatic heterocycles. The smallest absolute Gasteiger partial charge is 0.318 e. The van der Waals surface area contributed by atoms with E-state index in [1.54, 1.807) is 0 Å². The van der Waals surface area contributed by atoms with E-state index in [1.165, 1.54) is 6.42 Å². The van der Waals surface area contributed by atoms with Crippen LogP contribution in [0.25, 0.3) is 0 Å². The fourth-order valence-corrected chi connectivity index (χ4v) is 3.36. The molecule has 0 saturated heterocycles. The van der Waals surface area contributed by atoms with Crippen LogP contribution >= 0.6 is 0 Å². The lowest BCUT2D eigenvalue weighted by molar-refractivity contribution is 0.186. The number of carbonyl (C=O) groups excluding carboxylic acids is 1. The highest BCUT2D eigenvalue weighted by atomic mass is 16.3. The SMILES string of the molecule is CC1CC1c1ccc(CN(C(=O)NCCCCN(C)C(C)C)C2CC2)o1. The number of carbonyl (C=O) groups is 1. The molecule has 0 aliphatic heterocycles. The van der Waals surface area contributed by atoms with Crippen molar-refractivity contribution in [3.8, 4) is 0 Å². The van der Waals surface area contributed by atoms with Crippen LogP contribution in [0.15, 0.2) is 16.5 Å². The second-order valence-corrected chi connectivity index (χ2v) is 8.50. The number of hydrogen-bond donors (Lipinski definition) is 1. The van der Waals surface area contributed by atoms with Gasteiger partial charge in [-0.25, -0.2) is 4.79 Å². The van der Waals surface area contributed by atoms with E-state index in [-0.39, 0.29) is 6.03 Å². The van der Waals surface area contributed by atoms with E-state index < -0.39 is 0 Å². The highest BCUT2D eigenvalue weighted by Crippen LogP contribution is 2.47. The summed E-state index contributed by atoms with van der Waals surface area (Å²) < 4.78 is 6.00. The van der Waals surface area contributed by atoms with Gasteiger partial charge in [0.2, 0.25) is 0 Å². The molecule has 5 nitrogen and oxygen atoms in total. The van der Waals surface area contributed by atoms with E-state index in [1.807, 2.05) is 11.0 Å². The van der Waals surface area contributed by atoms with E-state index >= 15 is 0 Å². The number of rotatable bonds is 10. The molecule has 26 heavy (non-hydrogen) atoms. The lowest BCUT2D eigenvalue weighted by Crippen LogP contribution is -2.41. The van der Waals surface area contributed by atoms with Crippen LogP contribution < -0.4 is 5.32 Å². The van der Waals surface area contributed by atoms with Crippen molar-refractivity contribution in [1.29, 1.82) is 0 Å². The highest BCUT2D eigenvalue weighted by molar-refractivity contribution is 5.74. The molecule has 2 saturated carbocycles. The van der Waals surface area contributed by atoms with E-state index in [0.717, 1.165) is 56.2 Å². The summed E-state index contributed by atoms with van der Waals surface area (Å²) in [5.74, 6) is 3.35. The predicted molar refractivity (Wildman–Crippen MR) is 104 cm³/mol. The van der Waals surface area contributed by atoms with E-state index in [4.69, 9.17) is 4.42 Å². The first-order valence-corrected chi connectivity index (χ1v) is 10.3. The number of hydrogen-bond acceptors (Lipinski definition) is 3. The van der Waals surface area contributed by atoms with E-state index in [2.05, 4.69) is 44.1 Å². The minimum Gasteiger partial charge on any atom is -0.464 e. The molecular formula is C21H35N3O2. The lowest BCUT2D eigenvalue weighted by atomic mass is 10.2. The number of nitrogens with zero attached hydrogens (tertiary/aromatic N) is 2. The summed E-state index contributed by atoms with van der Waals surface area (Å²) in [6, 6.07) is 5.16. The maximum absolute atomic E-state index is 12.6. The first kappa shape index (κ1) is 19.3. The van der Waals surface area contributed by atoms with E-state index in [9.17, 15) is 4.79 Å². The van der Waals surface area contributed by atoms with Crippen molar-refractivity contribution in [3.63, 3.8) is 0 Å². The molecule has 1 N–H and O–H groups in total. The van der Waals surface area contributed by atoms with Gasteiger partial charge in [0.25, 0.3) is 0 Å². The molecule has 0 aromatic carbocycles. The van der Waals surface area contributed by atoms with Crippen molar-refractivity contribution in [2.75, 3.05) is 20.1 Å². The molecular weight excluding hydrogens is 326 g/mol. The van der Waals surface area contributed by atoms with Crippen molar-refractivity contribution in [3.05, 3.63) is 23.7 Å². The van der Waals surface area contributed by atoms with Gasteiger partial charge in [0.1, 0.15) is 11.5 Å². The third-order valence-corrected chi connectivity index (χ3v) is 5.83. The van der Waals surface area contributed by atoms with Gasteiger partial charge in [0.05, 0.1) is 6.54 Å². The van der Waals surface area contributed by atoms with Gasteiger partial charge in [0.15, 0.2) is 0 Å². The van der Waals surface area contributed by atoms with Gasteiger partial charge in [-0.05, 0) is 77.6 Å².